The summed E-state index contributed by atoms with van der Waals surface area (Å²) in [7, 11) is 5.87. The number of carbonyl (C=O) groups is 4. The predicted octanol–water partition coefficient (Wildman–Crippen LogP) is 7.87. The quantitative estimate of drug-likeness (QED) is 0.0313. The Bertz CT molecular complexity index is 2460. The first-order valence-electron chi connectivity index (χ1n) is 25.2. The second kappa shape index (κ2) is 23.3. The van der Waals surface area contributed by atoms with E-state index in [1.165, 1.54) is 40.7 Å². The summed E-state index contributed by atoms with van der Waals surface area (Å²) < 4.78 is 43.5. The Morgan fingerprint density at radius 1 is 0.932 bits per heavy atom. The highest BCUT2D eigenvalue weighted by molar-refractivity contribution is 8.76. The minimum Gasteiger partial charge on any atom is -0.455 e. The fourth-order valence-electron chi connectivity index (χ4n) is 11.5. The largest absolute Gasteiger partial charge is 0.455 e. The van der Waals surface area contributed by atoms with Gasteiger partial charge in [0.2, 0.25) is 6.10 Å². The summed E-state index contributed by atoms with van der Waals surface area (Å²) in [5.74, 6) is -2.69. The Kier molecular flexibility index (Phi) is 17.9. The lowest BCUT2D eigenvalue weighted by Gasteiger charge is -2.69. The molecule has 2 saturated carbocycles. The van der Waals surface area contributed by atoms with Crippen molar-refractivity contribution in [3.63, 3.8) is 0 Å². The van der Waals surface area contributed by atoms with Crippen LogP contribution < -0.4 is 5.32 Å². The monoisotopic (exact) mass is 1060 g/mol. The Balaban J connectivity index is 1.33. The number of hydrogen-bond donors (Lipinski definition) is 4. The van der Waals surface area contributed by atoms with Crippen LogP contribution in [0.4, 0.5) is 9.59 Å². The van der Waals surface area contributed by atoms with Gasteiger partial charge in [0.1, 0.15) is 46.2 Å². The average molecular weight is 1060 g/mol. The van der Waals surface area contributed by atoms with Crippen LogP contribution in [0, 0.1) is 16.7 Å². The fraction of sp³-hybridized carbons (Fsp3) is 0.582. The molecule has 3 aliphatic carbocycles. The number of amides is 2. The molecule has 3 fully saturated rings. The number of carbonyl (C=O) groups excluding carboxylic acids is 4. The molecule has 404 valence electrons. The lowest BCUT2D eigenvalue weighted by molar-refractivity contribution is -0.366. The van der Waals surface area contributed by atoms with Gasteiger partial charge in [-0.05, 0) is 85.9 Å². The lowest BCUT2D eigenvalue weighted by atomic mass is 9.44. The summed E-state index contributed by atoms with van der Waals surface area (Å²) in [5, 5.41) is 43.4. The summed E-state index contributed by atoms with van der Waals surface area (Å²) >= 11 is 0. The number of nitrogens with one attached hydrogen (secondary N) is 1. The summed E-state index contributed by atoms with van der Waals surface area (Å²) in [6.45, 7) is 14.3. The zero-order valence-electron chi connectivity index (χ0n) is 44.0. The number of nitrogens with zero attached hydrogens (tertiary/aromatic N) is 2. The Hall–Kier alpha value is -4.73. The Morgan fingerprint density at radius 3 is 2.20 bits per heavy atom. The minimum atomic E-state index is -2.22. The van der Waals surface area contributed by atoms with Crippen LogP contribution in [0.5, 0.6) is 0 Å². The van der Waals surface area contributed by atoms with Crippen molar-refractivity contribution >= 4 is 45.7 Å². The van der Waals surface area contributed by atoms with Gasteiger partial charge < -0.3 is 58.7 Å². The molecule has 1 aromatic heterocycles. The molecule has 4 aliphatic rings. The van der Waals surface area contributed by atoms with Crippen LogP contribution in [-0.4, -0.2) is 149 Å². The molecule has 1 saturated heterocycles. The third kappa shape index (κ3) is 11.4. The van der Waals surface area contributed by atoms with Gasteiger partial charge in [-0.15, -0.1) is 0 Å². The third-order valence-corrected chi connectivity index (χ3v) is 17.7. The molecule has 19 heteroatoms. The lowest BCUT2D eigenvalue weighted by Crippen LogP contribution is -2.81. The van der Waals surface area contributed by atoms with E-state index in [1.807, 2.05) is 25.1 Å². The van der Waals surface area contributed by atoms with Crippen LogP contribution in [0.2, 0.25) is 0 Å². The highest BCUT2D eigenvalue weighted by Crippen LogP contribution is 2.65. The number of esters is 2. The van der Waals surface area contributed by atoms with Crippen LogP contribution in [-0.2, 0) is 38.0 Å². The van der Waals surface area contributed by atoms with Gasteiger partial charge in [0.15, 0.2) is 0 Å². The van der Waals surface area contributed by atoms with E-state index in [1.54, 1.807) is 115 Å². The molecule has 4 N–H and O–H groups in total. The standard InChI is InChI=1S/C55H73N3O14S2/c1-11-12-27-58(28-29-73-74-39-25-19-20-26-56-39)50(63)70-43(41(34-21-15-13-16-22-34)57-49(62)72-51(3,4)5)48(61)69-36-31-55(65)46(71-47(60)35-23-17-14-18-24-35)44-53(8,37(66-9)30-38-54(44,64)32-68-38)45(59)42(67-10)40(33(36)2)52(55,6)7/h13-26,36-38,41-46,59,64-65H,11-12,27-32H2,1-10H3,(H,57,62)/t36-,37-,38+,41-,42+,43+,44-,45?,46-,53+,54-,55+/m0/s1. The van der Waals surface area contributed by atoms with E-state index >= 15 is 4.79 Å². The van der Waals surface area contributed by atoms with Gasteiger partial charge in [-0.1, -0.05) is 99.5 Å². The van der Waals surface area contributed by atoms with Crippen molar-refractivity contribution in [3.8, 4) is 0 Å². The maximum Gasteiger partial charge on any atom is 0.410 e. The molecule has 3 aromatic rings. The van der Waals surface area contributed by atoms with Crippen molar-refractivity contribution in [2.24, 2.45) is 16.7 Å². The SMILES string of the molecule is CCCCN(CCSSc1ccccn1)C(=O)O[C@@H](C(=O)O[C@H]1C[C@@]2(O)[C@@H](OC(=O)c3ccccc3)[C@@H]3[C@]4(O)CO[C@@H]4C[C@H](OC)[C@@]3(C)C(O)[C@H](OC)C(=C1C)C2(C)C)[C@@H](NC(=O)OC(C)(C)C)c1ccccc1. The summed E-state index contributed by atoms with van der Waals surface area (Å²) in [5.41, 5.74) is -6.55. The number of alkyl carbamates (subject to hydrolysis) is 1. The summed E-state index contributed by atoms with van der Waals surface area (Å²) in [6.07, 6.45) is -8.10. The first kappa shape index (κ1) is 57.0. The summed E-state index contributed by atoms with van der Waals surface area (Å²) in [6, 6.07) is 21.0. The highest BCUT2D eigenvalue weighted by atomic mass is 33.1. The average Bonchev–Trinajstić information content (AvgIpc) is 3.36. The van der Waals surface area contributed by atoms with Crippen LogP contribution in [0.25, 0.3) is 0 Å². The van der Waals surface area contributed by atoms with E-state index in [0.29, 0.717) is 35.4 Å². The highest BCUT2D eigenvalue weighted by Gasteiger charge is 2.76. The van der Waals surface area contributed by atoms with Crippen molar-refractivity contribution in [2.45, 2.75) is 152 Å². The van der Waals surface area contributed by atoms with Gasteiger partial charge in [-0.25, -0.2) is 24.2 Å². The Labute approximate surface area is 442 Å². The number of pyridine rings is 1. The van der Waals surface area contributed by atoms with E-state index in [4.69, 9.17) is 33.2 Å². The molecule has 0 radical (unpaired) electrons. The number of aliphatic hydroxyl groups is 3. The van der Waals surface area contributed by atoms with Crippen LogP contribution in [0.3, 0.4) is 0 Å². The topological polar surface area (TPSA) is 222 Å². The van der Waals surface area contributed by atoms with Crippen molar-refractivity contribution in [1.29, 1.82) is 0 Å². The zero-order chi connectivity index (χ0) is 53.8. The molecule has 1 unspecified atom stereocenters. The van der Waals surface area contributed by atoms with Crippen LogP contribution >= 0.6 is 21.6 Å². The van der Waals surface area contributed by atoms with Gasteiger partial charge >= 0.3 is 24.1 Å². The van der Waals surface area contributed by atoms with Crippen molar-refractivity contribution in [3.05, 3.63) is 107 Å². The Morgan fingerprint density at radius 2 is 1.61 bits per heavy atom. The number of ether oxygens (including phenoxy) is 7. The summed E-state index contributed by atoms with van der Waals surface area (Å²) in [4.78, 5) is 64.2. The smallest absolute Gasteiger partial charge is 0.410 e. The van der Waals surface area contributed by atoms with E-state index in [9.17, 15) is 29.7 Å². The van der Waals surface area contributed by atoms with Crippen molar-refractivity contribution < 1.29 is 67.7 Å². The van der Waals surface area contributed by atoms with Gasteiger partial charge in [0.25, 0.3) is 0 Å². The number of benzene rings is 2. The fourth-order valence-corrected chi connectivity index (χ4v) is 13.4. The van der Waals surface area contributed by atoms with Gasteiger partial charge in [0.05, 0.1) is 30.5 Å². The molecule has 2 amide bonds. The number of methoxy groups -OCH3 is 2. The molecule has 12 atom stereocenters. The number of hydrogen-bond acceptors (Lipinski definition) is 17. The molecular weight excluding hydrogens is 991 g/mol. The molecule has 0 spiro atoms. The van der Waals surface area contributed by atoms with E-state index < -0.39 is 113 Å². The second-order valence-corrected chi connectivity index (χ2v) is 23.9. The first-order valence-corrected chi connectivity index (χ1v) is 27.6. The molecule has 1 aliphatic heterocycles. The first-order chi connectivity index (χ1) is 35.0. The van der Waals surface area contributed by atoms with Crippen LogP contribution in [0.15, 0.2) is 101 Å². The van der Waals surface area contributed by atoms with Gasteiger partial charge in [-0.3, -0.25) is 0 Å². The van der Waals surface area contributed by atoms with E-state index in [0.717, 1.165) is 11.4 Å². The van der Waals surface area contributed by atoms with Crippen molar-refractivity contribution in [2.75, 3.05) is 39.7 Å². The predicted molar refractivity (Wildman–Crippen MR) is 278 cm³/mol. The second-order valence-electron chi connectivity index (χ2n) is 21.4. The molecule has 2 heterocycles. The number of aliphatic hydroxyl groups excluding tert-OH is 1. The number of fused-ring (bicyclic) bond motifs is 5. The molecule has 2 aromatic carbocycles. The molecular formula is C55H73N3O14S2. The normalized spacial score (nSPS) is 29.9. The minimum absolute atomic E-state index is 0.166. The van der Waals surface area contributed by atoms with Gasteiger partial charge in [-0.2, -0.15) is 0 Å². The van der Waals surface area contributed by atoms with E-state index in [-0.39, 0.29) is 25.1 Å². The van der Waals surface area contributed by atoms with Crippen molar-refractivity contribution in [1.82, 2.24) is 15.2 Å². The zero-order valence-corrected chi connectivity index (χ0v) is 45.6. The van der Waals surface area contributed by atoms with Crippen LogP contribution in [0.1, 0.15) is 103 Å². The number of rotatable bonds is 18. The van der Waals surface area contributed by atoms with Gasteiger partial charge in [0, 0.05) is 68.8 Å². The van der Waals surface area contributed by atoms with E-state index in [2.05, 4.69) is 10.3 Å². The molecule has 7 rings (SSSR count). The third-order valence-electron chi connectivity index (χ3n) is 15.4. The molecule has 74 heavy (non-hydrogen) atoms. The maximum atomic E-state index is 15.5. The molecule has 17 nitrogen and oxygen atoms in total. The molecule has 2 bridgehead atoms. The maximum absolute atomic E-state index is 15.5. The number of unbranched alkanes of at least 4 members (excludes halogenated alkanes) is 1. The number of aromatic nitrogens is 1.